The molecule has 0 aliphatic rings. The van der Waals surface area contributed by atoms with Crippen molar-refractivity contribution in [2.45, 2.75) is 38.0 Å². The highest BCUT2D eigenvalue weighted by atomic mass is 35.5. The van der Waals surface area contributed by atoms with E-state index in [0.717, 1.165) is 30.2 Å². The van der Waals surface area contributed by atoms with Crippen molar-refractivity contribution in [2.24, 2.45) is 0 Å². The summed E-state index contributed by atoms with van der Waals surface area (Å²) in [5, 5.41) is -0.689. The molecule has 8 heteroatoms. The molecule has 2 aromatic rings. The maximum Gasteiger partial charge on any atom is 0.324 e. The lowest BCUT2D eigenvalue weighted by Gasteiger charge is -2.11. The first-order valence-corrected chi connectivity index (χ1v) is 12.0. The zero-order valence-electron chi connectivity index (χ0n) is 17.2. The van der Waals surface area contributed by atoms with Gasteiger partial charge < -0.3 is 13.7 Å². The standard InChI is InChI=1S/C22H27ClO6S/c1-3-4-14-28-22(24)21(23)16-18-7-5-17(6-8-18)13-15-27-19-9-11-20(12-10-19)29-30(2,25)26/h5-12,21H,3-4,13-16H2,1-2H3. The lowest BCUT2D eigenvalue weighted by Crippen LogP contribution is -2.20. The Hall–Kier alpha value is -2.25. The van der Waals surface area contributed by atoms with Crippen molar-refractivity contribution in [2.75, 3.05) is 19.5 Å². The second-order valence-corrected chi connectivity index (χ2v) is 8.97. The van der Waals surface area contributed by atoms with Gasteiger partial charge in [-0.1, -0.05) is 37.6 Å². The summed E-state index contributed by atoms with van der Waals surface area (Å²) in [6, 6.07) is 14.2. The van der Waals surface area contributed by atoms with Gasteiger partial charge in [-0.3, -0.25) is 4.79 Å². The number of esters is 1. The zero-order chi connectivity index (χ0) is 22.0. The molecule has 0 bridgehead atoms. The Bertz CT molecular complexity index is 894. The minimum Gasteiger partial charge on any atom is -0.493 e. The van der Waals surface area contributed by atoms with Gasteiger partial charge in [0.2, 0.25) is 0 Å². The van der Waals surface area contributed by atoms with Crippen LogP contribution in [0.3, 0.4) is 0 Å². The Balaban J connectivity index is 1.76. The third-order valence-corrected chi connectivity index (χ3v) is 4.99. The lowest BCUT2D eigenvalue weighted by atomic mass is 10.1. The van der Waals surface area contributed by atoms with E-state index in [1.165, 1.54) is 0 Å². The third-order valence-electron chi connectivity index (χ3n) is 4.17. The van der Waals surface area contributed by atoms with E-state index in [4.69, 9.17) is 25.3 Å². The number of alkyl halides is 1. The summed E-state index contributed by atoms with van der Waals surface area (Å²) in [4.78, 5) is 11.8. The van der Waals surface area contributed by atoms with Gasteiger partial charge in [0.05, 0.1) is 19.5 Å². The monoisotopic (exact) mass is 454 g/mol. The van der Waals surface area contributed by atoms with Gasteiger partial charge in [-0.25, -0.2) is 0 Å². The fraction of sp³-hybridized carbons (Fsp3) is 0.409. The minimum absolute atomic E-state index is 0.243. The maximum absolute atomic E-state index is 11.8. The highest BCUT2D eigenvalue weighted by Crippen LogP contribution is 2.19. The number of carbonyl (C=O) groups is 1. The number of halogens is 1. The molecule has 0 fully saturated rings. The van der Waals surface area contributed by atoms with Crippen LogP contribution in [0.2, 0.25) is 0 Å². The number of ether oxygens (including phenoxy) is 2. The molecule has 0 heterocycles. The summed E-state index contributed by atoms with van der Waals surface area (Å²) in [5.41, 5.74) is 2.06. The molecule has 0 N–H and O–H groups in total. The number of hydrogen-bond donors (Lipinski definition) is 0. The molecule has 1 atom stereocenters. The normalized spacial score (nSPS) is 12.2. The van der Waals surface area contributed by atoms with Crippen LogP contribution in [0.4, 0.5) is 0 Å². The van der Waals surface area contributed by atoms with E-state index in [0.29, 0.717) is 31.8 Å². The van der Waals surface area contributed by atoms with Gasteiger partial charge in [-0.2, -0.15) is 8.42 Å². The van der Waals surface area contributed by atoms with Crippen LogP contribution in [0.1, 0.15) is 30.9 Å². The summed E-state index contributed by atoms with van der Waals surface area (Å²) in [5.74, 6) is 0.488. The molecule has 0 aromatic heterocycles. The SMILES string of the molecule is CCCCOC(=O)C(Cl)Cc1ccc(CCOc2ccc(OS(C)(=O)=O)cc2)cc1. The first-order chi connectivity index (χ1) is 14.3. The summed E-state index contributed by atoms with van der Waals surface area (Å²) >= 11 is 6.15. The molecule has 1 unspecified atom stereocenters. The van der Waals surface area contributed by atoms with Crippen molar-refractivity contribution in [3.63, 3.8) is 0 Å². The molecular formula is C22H27ClO6S. The van der Waals surface area contributed by atoms with Crippen molar-refractivity contribution in [3.05, 3.63) is 59.7 Å². The van der Waals surface area contributed by atoms with Crippen LogP contribution >= 0.6 is 11.6 Å². The molecule has 30 heavy (non-hydrogen) atoms. The molecule has 0 radical (unpaired) electrons. The zero-order valence-corrected chi connectivity index (χ0v) is 18.7. The largest absolute Gasteiger partial charge is 0.493 e. The minimum atomic E-state index is -3.54. The molecule has 6 nitrogen and oxygen atoms in total. The molecule has 0 aliphatic heterocycles. The highest BCUT2D eigenvalue weighted by Gasteiger charge is 2.17. The molecule has 0 amide bonds. The summed E-state index contributed by atoms with van der Waals surface area (Å²) in [6.45, 7) is 2.91. The van der Waals surface area contributed by atoms with E-state index in [-0.39, 0.29) is 11.7 Å². The fourth-order valence-corrected chi connectivity index (χ4v) is 3.29. The van der Waals surface area contributed by atoms with Gasteiger partial charge in [-0.15, -0.1) is 11.6 Å². The van der Waals surface area contributed by atoms with Gasteiger partial charge in [0.1, 0.15) is 16.9 Å². The van der Waals surface area contributed by atoms with Gasteiger partial charge >= 0.3 is 16.1 Å². The van der Waals surface area contributed by atoms with Crippen molar-refractivity contribution in [1.29, 1.82) is 0 Å². The molecule has 2 rings (SSSR count). The van der Waals surface area contributed by atoms with Crippen LogP contribution in [0.5, 0.6) is 11.5 Å². The van der Waals surface area contributed by atoms with Crippen LogP contribution in [0.15, 0.2) is 48.5 Å². The molecule has 0 saturated heterocycles. The molecular weight excluding hydrogens is 428 g/mol. The van der Waals surface area contributed by atoms with Crippen molar-refractivity contribution < 1.29 is 26.9 Å². The first-order valence-electron chi connectivity index (χ1n) is 9.77. The molecule has 0 aliphatic carbocycles. The van der Waals surface area contributed by atoms with Crippen molar-refractivity contribution in [3.8, 4) is 11.5 Å². The summed E-state index contributed by atoms with van der Waals surface area (Å²) < 4.78 is 37.8. The Kier molecular flexibility index (Phi) is 9.46. The van der Waals surface area contributed by atoms with E-state index >= 15 is 0 Å². The van der Waals surface area contributed by atoms with Gasteiger partial charge in [0, 0.05) is 6.42 Å². The van der Waals surface area contributed by atoms with E-state index in [9.17, 15) is 13.2 Å². The molecule has 164 valence electrons. The lowest BCUT2D eigenvalue weighted by molar-refractivity contribution is -0.143. The highest BCUT2D eigenvalue weighted by molar-refractivity contribution is 7.86. The maximum atomic E-state index is 11.8. The number of hydrogen-bond acceptors (Lipinski definition) is 6. The Morgan fingerprint density at radius 2 is 1.57 bits per heavy atom. The van der Waals surface area contributed by atoms with E-state index in [1.54, 1.807) is 24.3 Å². The summed E-state index contributed by atoms with van der Waals surface area (Å²) in [6.07, 6.45) is 3.92. The van der Waals surface area contributed by atoms with Crippen LogP contribution < -0.4 is 8.92 Å². The van der Waals surface area contributed by atoms with Crippen LogP contribution in [-0.4, -0.2) is 39.2 Å². The quantitative estimate of drug-likeness (QED) is 0.207. The van der Waals surface area contributed by atoms with Gasteiger partial charge in [-0.05, 0) is 48.2 Å². The van der Waals surface area contributed by atoms with Gasteiger partial charge in [0.25, 0.3) is 0 Å². The van der Waals surface area contributed by atoms with E-state index in [1.807, 2.05) is 31.2 Å². The first kappa shape index (κ1) is 24.0. The van der Waals surface area contributed by atoms with Crippen LogP contribution in [0, 0.1) is 0 Å². The average molecular weight is 455 g/mol. The number of rotatable bonds is 12. The third kappa shape index (κ3) is 9.05. The van der Waals surface area contributed by atoms with Crippen LogP contribution in [-0.2, 0) is 32.5 Å². The topological polar surface area (TPSA) is 78.9 Å². The van der Waals surface area contributed by atoms with Gasteiger partial charge in [0.15, 0.2) is 0 Å². The van der Waals surface area contributed by atoms with Crippen molar-refractivity contribution in [1.82, 2.24) is 0 Å². The number of carbonyl (C=O) groups excluding carboxylic acids is 1. The second-order valence-electron chi connectivity index (χ2n) is 6.87. The number of benzene rings is 2. The van der Waals surface area contributed by atoms with E-state index in [2.05, 4.69) is 0 Å². The average Bonchev–Trinajstić information content (AvgIpc) is 2.69. The van der Waals surface area contributed by atoms with Crippen molar-refractivity contribution >= 4 is 27.7 Å². The molecule has 0 spiro atoms. The smallest absolute Gasteiger partial charge is 0.324 e. The number of unbranched alkanes of at least 4 members (excludes halogenated alkanes) is 1. The van der Waals surface area contributed by atoms with Crippen LogP contribution in [0.25, 0.3) is 0 Å². The second kappa shape index (κ2) is 11.8. The summed E-state index contributed by atoms with van der Waals surface area (Å²) in [7, 11) is -3.54. The predicted molar refractivity (Wildman–Crippen MR) is 117 cm³/mol. The Morgan fingerprint density at radius 1 is 0.967 bits per heavy atom. The molecule has 0 saturated carbocycles. The Labute approximate surface area is 183 Å². The van der Waals surface area contributed by atoms with E-state index < -0.39 is 15.5 Å². The predicted octanol–water partition coefficient (Wildman–Crippen LogP) is 4.14. The molecule has 2 aromatic carbocycles. The Morgan fingerprint density at radius 3 is 2.17 bits per heavy atom. The fourth-order valence-electron chi connectivity index (χ4n) is 2.59.